The summed E-state index contributed by atoms with van der Waals surface area (Å²) >= 11 is 6.02. The van der Waals surface area contributed by atoms with Crippen molar-refractivity contribution in [2.24, 2.45) is 4.99 Å². The van der Waals surface area contributed by atoms with Gasteiger partial charge < -0.3 is 0 Å². The monoisotopic (exact) mass is 307 g/mol. The van der Waals surface area contributed by atoms with Gasteiger partial charge in [0.2, 0.25) is 0 Å². The summed E-state index contributed by atoms with van der Waals surface area (Å²) in [5, 5.41) is 2.78. The Hall–Kier alpha value is -2.45. The maximum Gasteiger partial charge on any atom is 0.168 e. The van der Waals surface area contributed by atoms with Crippen LogP contribution in [0.25, 0.3) is 10.8 Å². The number of ketones is 1. The molecule has 0 saturated carbocycles. The highest BCUT2D eigenvalue weighted by atomic mass is 35.5. The standard InChI is InChI=1S/C19H14ClNO/c20-17-7-3-4-8-18(17)21-12-11-19(22)16-10-9-14-5-1-2-6-15(14)13-16/h1-10,12-13H,11H2. The number of carbonyl (C=O) groups is 1. The van der Waals surface area contributed by atoms with Crippen molar-refractivity contribution in [3.63, 3.8) is 0 Å². The maximum absolute atomic E-state index is 12.2. The average molecular weight is 308 g/mol. The van der Waals surface area contributed by atoms with Crippen molar-refractivity contribution in [3.05, 3.63) is 77.3 Å². The molecule has 0 aliphatic heterocycles. The molecule has 3 heteroatoms. The first-order valence-corrected chi connectivity index (χ1v) is 7.41. The van der Waals surface area contributed by atoms with Gasteiger partial charge in [-0.15, -0.1) is 0 Å². The Morgan fingerprint density at radius 3 is 2.50 bits per heavy atom. The largest absolute Gasteiger partial charge is 0.294 e. The minimum Gasteiger partial charge on any atom is -0.294 e. The summed E-state index contributed by atoms with van der Waals surface area (Å²) in [5.41, 5.74) is 1.37. The normalized spacial score (nSPS) is 11.1. The summed E-state index contributed by atoms with van der Waals surface area (Å²) < 4.78 is 0. The number of para-hydroxylation sites is 1. The van der Waals surface area contributed by atoms with Crippen molar-refractivity contribution in [3.8, 4) is 0 Å². The molecule has 0 aromatic heterocycles. The zero-order valence-electron chi connectivity index (χ0n) is 11.9. The molecule has 0 atom stereocenters. The molecule has 3 rings (SSSR count). The summed E-state index contributed by atoms with van der Waals surface area (Å²) in [6.07, 6.45) is 1.86. The van der Waals surface area contributed by atoms with E-state index in [9.17, 15) is 4.79 Å². The van der Waals surface area contributed by atoms with Crippen LogP contribution >= 0.6 is 11.6 Å². The van der Waals surface area contributed by atoms with Gasteiger partial charge in [0.1, 0.15) is 0 Å². The van der Waals surface area contributed by atoms with E-state index >= 15 is 0 Å². The Morgan fingerprint density at radius 1 is 0.955 bits per heavy atom. The fraction of sp³-hybridized carbons (Fsp3) is 0.0526. The topological polar surface area (TPSA) is 29.4 Å². The Bertz CT molecular complexity index is 855. The molecular weight excluding hydrogens is 294 g/mol. The van der Waals surface area contributed by atoms with Crippen molar-refractivity contribution in [2.45, 2.75) is 6.42 Å². The van der Waals surface area contributed by atoms with Crippen molar-refractivity contribution in [1.29, 1.82) is 0 Å². The number of halogens is 1. The van der Waals surface area contributed by atoms with Crippen molar-refractivity contribution >= 4 is 40.1 Å². The lowest BCUT2D eigenvalue weighted by molar-refractivity contribution is 0.100. The van der Waals surface area contributed by atoms with Crippen molar-refractivity contribution in [1.82, 2.24) is 0 Å². The van der Waals surface area contributed by atoms with Gasteiger partial charge in [-0.05, 0) is 29.0 Å². The number of benzene rings is 3. The number of fused-ring (bicyclic) bond motifs is 1. The van der Waals surface area contributed by atoms with Gasteiger partial charge in [-0.25, -0.2) is 0 Å². The third kappa shape index (κ3) is 3.23. The molecule has 0 N–H and O–H groups in total. The van der Waals surface area contributed by atoms with Crippen LogP contribution in [0.2, 0.25) is 5.02 Å². The summed E-state index contributed by atoms with van der Waals surface area (Å²) in [7, 11) is 0. The van der Waals surface area contributed by atoms with E-state index in [2.05, 4.69) is 4.99 Å². The molecule has 0 spiro atoms. The number of hydrogen-bond acceptors (Lipinski definition) is 2. The zero-order valence-corrected chi connectivity index (χ0v) is 12.6. The lowest BCUT2D eigenvalue weighted by Crippen LogP contribution is -1.99. The highest BCUT2D eigenvalue weighted by Crippen LogP contribution is 2.23. The van der Waals surface area contributed by atoms with Gasteiger partial charge in [-0.3, -0.25) is 9.79 Å². The third-order valence-electron chi connectivity index (χ3n) is 3.43. The van der Waals surface area contributed by atoms with Crippen LogP contribution in [0, 0.1) is 0 Å². The van der Waals surface area contributed by atoms with E-state index in [-0.39, 0.29) is 12.2 Å². The number of rotatable bonds is 4. The average Bonchev–Trinajstić information content (AvgIpc) is 2.56. The molecule has 0 unspecified atom stereocenters. The van der Waals surface area contributed by atoms with E-state index in [4.69, 9.17) is 11.6 Å². The molecule has 22 heavy (non-hydrogen) atoms. The predicted octanol–water partition coefficient (Wildman–Crippen LogP) is 5.47. The number of Topliss-reactive ketones (excluding diaryl/α,β-unsaturated/α-hetero) is 1. The maximum atomic E-state index is 12.2. The van der Waals surface area contributed by atoms with Crippen LogP contribution in [0.15, 0.2) is 71.7 Å². The Morgan fingerprint density at radius 2 is 1.68 bits per heavy atom. The zero-order chi connectivity index (χ0) is 15.4. The van der Waals surface area contributed by atoms with Crippen LogP contribution in [0.5, 0.6) is 0 Å². The molecule has 0 amide bonds. The Labute approximate surface area is 134 Å². The Balaban J connectivity index is 1.74. The molecule has 3 aromatic rings. The number of hydrogen-bond donors (Lipinski definition) is 0. The van der Waals surface area contributed by atoms with E-state index in [0.717, 1.165) is 10.8 Å². The molecular formula is C19H14ClNO. The molecule has 0 bridgehead atoms. The molecule has 0 aliphatic carbocycles. The summed E-state index contributed by atoms with van der Waals surface area (Å²) in [5.74, 6) is 0.0431. The highest BCUT2D eigenvalue weighted by Gasteiger charge is 2.05. The second kappa shape index (κ2) is 6.54. The van der Waals surface area contributed by atoms with Gasteiger partial charge in [-0.1, -0.05) is 60.1 Å². The molecule has 2 nitrogen and oxygen atoms in total. The van der Waals surface area contributed by atoms with Crippen LogP contribution in [-0.2, 0) is 0 Å². The van der Waals surface area contributed by atoms with E-state index in [1.807, 2.05) is 60.7 Å². The highest BCUT2D eigenvalue weighted by molar-refractivity contribution is 6.33. The minimum atomic E-state index is 0.0431. The summed E-state index contributed by atoms with van der Waals surface area (Å²) in [6.45, 7) is 0. The summed E-state index contributed by atoms with van der Waals surface area (Å²) in [4.78, 5) is 16.5. The van der Waals surface area contributed by atoms with Crippen LogP contribution < -0.4 is 0 Å². The number of carbonyl (C=O) groups excluding carboxylic acids is 1. The summed E-state index contributed by atoms with van der Waals surface area (Å²) in [6, 6.07) is 21.0. The molecule has 3 aromatic carbocycles. The molecule has 0 radical (unpaired) electrons. The second-order valence-corrected chi connectivity index (χ2v) is 5.36. The van der Waals surface area contributed by atoms with Gasteiger partial charge in [0, 0.05) is 18.2 Å². The van der Waals surface area contributed by atoms with E-state index in [1.54, 1.807) is 12.3 Å². The Kier molecular flexibility index (Phi) is 4.31. The van der Waals surface area contributed by atoms with Crippen LogP contribution in [0.4, 0.5) is 5.69 Å². The van der Waals surface area contributed by atoms with Crippen molar-refractivity contribution < 1.29 is 4.79 Å². The lowest BCUT2D eigenvalue weighted by Gasteiger charge is -2.01. The predicted molar refractivity (Wildman–Crippen MR) is 92.5 cm³/mol. The lowest BCUT2D eigenvalue weighted by atomic mass is 10.0. The van der Waals surface area contributed by atoms with Gasteiger partial charge in [0.15, 0.2) is 5.78 Å². The molecule has 108 valence electrons. The second-order valence-electron chi connectivity index (χ2n) is 4.95. The number of nitrogens with zero attached hydrogens (tertiary/aromatic N) is 1. The first kappa shape index (κ1) is 14.5. The molecule has 0 saturated heterocycles. The van der Waals surface area contributed by atoms with E-state index < -0.39 is 0 Å². The SMILES string of the molecule is O=C(CC=Nc1ccccc1Cl)c1ccc2ccccc2c1. The van der Waals surface area contributed by atoms with Gasteiger partial charge in [0.25, 0.3) is 0 Å². The fourth-order valence-corrected chi connectivity index (χ4v) is 2.45. The van der Waals surface area contributed by atoms with Crippen molar-refractivity contribution in [2.75, 3.05) is 0 Å². The molecule has 0 fully saturated rings. The van der Waals surface area contributed by atoms with E-state index in [1.165, 1.54) is 0 Å². The van der Waals surface area contributed by atoms with Gasteiger partial charge in [0.05, 0.1) is 10.7 Å². The molecule has 0 heterocycles. The first-order valence-electron chi connectivity index (χ1n) is 7.03. The first-order chi connectivity index (χ1) is 10.7. The van der Waals surface area contributed by atoms with Gasteiger partial charge in [-0.2, -0.15) is 0 Å². The number of aliphatic imine (C=N–C) groups is 1. The minimum absolute atomic E-state index is 0.0431. The van der Waals surface area contributed by atoms with Crippen LogP contribution in [0.3, 0.4) is 0 Å². The van der Waals surface area contributed by atoms with Gasteiger partial charge >= 0.3 is 0 Å². The molecule has 0 aliphatic rings. The third-order valence-corrected chi connectivity index (χ3v) is 3.75. The smallest absolute Gasteiger partial charge is 0.168 e. The van der Waals surface area contributed by atoms with Crippen LogP contribution in [0.1, 0.15) is 16.8 Å². The van der Waals surface area contributed by atoms with E-state index in [0.29, 0.717) is 16.3 Å². The fourth-order valence-electron chi connectivity index (χ4n) is 2.26. The quantitative estimate of drug-likeness (QED) is 0.464. The van der Waals surface area contributed by atoms with Crippen LogP contribution in [-0.4, -0.2) is 12.0 Å².